The molecule has 0 unspecified atom stereocenters. The lowest BCUT2D eigenvalue weighted by molar-refractivity contribution is 0.988. The number of rotatable bonds is 2. The first-order chi connectivity index (χ1) is 12.2. The van der Waals surface area contributed by atoms with Gasteiger partial charge >= 0.3 is 0 Å². The Bertz CT molecular complexity index is 1130. The van der Waals surface area contributed by atoms with Gasteiger partial charge in [0, 0.05) is 29.5 Å². The van der Waals surface area contributed by atoms with Crippen LogP contribution < -0.4 is 5.73 Å². The Morgan fingerprint density at radius 1 is 1.12 bits per heavy atom. The maximum atomic E-state index is 9.26. The molecule has 4 aromatic rings. The van der Waals surface area contributed by atoms with E-state index in [0.29, 0.717) is 22.1 Å². The highest BCUT2D eigenvalue weighted by atomic mass is 35.5. The van der Waals surface area contributed by atoms with Gasteiger partial charge in [-0.1, -0.05) is 17.7 Å². The van der Waals surface area contributed by atoms with Crippen LogP contribution in [0.5, 0.6) is 0 Å². The molecule has 25 heavy (non-hydrogen) atoms. The normalized spacial score (nSPS) is 10.7. The van der Waals surface area contributed by atoms with Crippen LogP contribution in [0.1, 0.15) is 5.69 Å². The van der Waals surface area contributed by atoms with Gasteiger partial charge in [-0.25, -0.2) is 9.97 Å². The quantitative estimate of drug-likeness (QED) is 0.598. The fourth-order valence-electron chi connectivity index (χ4n) is 2.66. The summed E-state index contributed by atoms with van der Waals surface area (Å²) in [6, 6.07) is 13.2. The van der Waals surface area contributed by atoms with Gasteiger partial charge in [0.1, 0.15) is 11.8 Å². The zero-order valence-corrected chi connectivity index (χ0v) is 13.6. The topological polar surface area (TPSA) is 93.4 Å². The highest BCUT2D eigenvalue weighted by molar-refractivity contribution is 6.35. The van der Waals surface area contributed by atoms with Crippen LogP contribution in [0.2, 0.25) is 5.02 Å². The molecule has 0 aliphatic rings. The van der Waals surface area contributed by atoms with Crippen LogP contribution in [0.3, 0.4) is 0 Å². The highest BCUT2D eigenvalue weighted by Crippen LogP contribution is 2.32. The molecule has 0 saturated carbocycles. The number of hydrogen-bond acceptors (Lipinski definition) is 5. The number of nitrogens with zero attached hydrogens (tertiary/aromatic N) is 5. The summed E-state index contributed by atoms with van der Waals surface area (Å²) < 4.78 is 1.79. The van der Waals surface area contributed by atoms with Crippen molar-refractivity contribution in [2.75, 3.05) is 5.73 Å². The van der Waals surface area contributed by atoms with Crippen LogP contribution in [0.15, 0.2) is 55.0 Å². The van der Waals surface area contributed by atoms with Gasteiger partial charge in [0.25, 0.3) is 0 Å². The van der Waals surface area contributed by atoms with Crippen molar-refractivity contribution >= 4 is 28.3 Å². The van der Waals surface area contributed by atoms with Gasteiger partial charge in [-0.15, -0.1) is 0 Å². The van der Waals surface area contributed by atoms with Crippen molar-refractivity contribution in [3.05, 3.63) is 65.7 Å². The van der Waals surface area contributed by atoms with Crippen LogP contribution in [0.4, 0.5) is 5.82 Å². The summed E-state index contributed by atoms with van der Waals surface area (Å²) in [6.07, 6.45) is 5.36. The van der Waals surface area contributed by atoms with Crippen molar-refractivity contribution in [1.82, 2.24) is 19.5 Å². The van der Waals surface area contributed by atoms with Crippen LogP contribution in [-0.2, 0) is 0 Å². The molecule has 0 amide bonds. The van der Waals surface area contributed by atoms with E-state index in [9.17, 15) is 5.26 Å². The predicted octanol–water partition coefficient (Wildman–Crippen LogP) is 3.59. The molecule has 0 aliphatic heterocycles. The molecule has 3 aromatic heterocycles. The lowest BCUT2D eigenvalue weighted by Gasteiger charge is -2.12. The zero-order chi connectivity index (χ0) is 17.4. The summed E-state index contributed by atoms with van der Waals surface area (Å²) in [5.74, 6) is 0.615. The molecule has 120 valence electrons. The molecule has 0 fully saturated rings. The number of nitrogen functional groups attached to an aromatic ring is 1. The van der Waals surface area contributed by atoms with E-state index in [1.165, 1.54) is 0 Å². The molecule has 0 radical (unpaired) electrons. The number of anilines is 1. The second-order valence-corrected chi connectivity index (χ2v) is 5.77. The maximum absolute atomic E-state index is 9.26. The molecule has 6 nitrogen and oxygen atoms in total. The first-order valence-electron chi connectivity index (χ1n) is 7.43. The fraction of sp³-hybridized carbons (Fsp3) is 0. The summed E-state index contributed by atoms with van der Waals surface area (Å²) in [4.78, 5) is 13.1. The van der Waals surface area contributed by atoms with Crippen molar-refractivity contribution in [1.29, 1.82) is 5.26 Å². The number of benzene rings is 1. The van der Waals surface area contributed by atoms with Crippen molar-refractivity contribution in [3.63, 3.8) is 0 Å². The number of nitriles is 1. The molecule has 1 aromatic carbocycles. The van der Waals surface area contributed by atoms with Crippen molar-refractivity contribution in [3.8, 4) is 23.1 Å². The smallest absolute Gasteiger partial charge is 0.183 e. The third kappa shape index (κ3) is 2.57. The molecule has 3 heterocycles. The molecule has 7 heteroatoms. The number of pyridine rings is 1. The molecule has 0 atom stereocenters. The predicted molar refractivity (Wildman–Crippen MR) is 96.2 cm³/mol. The van der Waals surface area contributed by atoms with Crippen molar-refractivity contribution < 1.29 is 0 Å². The Balaban J connectivity index is 2.03. The van der Waals surface area contributed by atoms with Gasteiger partial charge < -0.3 is 10.3 Å². The lowest BCUT2D eigenvalue weighted by atomic mass is 10.1. The van der Waals surface area contributed by atoms with E-state index in [2.05, 4.69) is 15.0 Å². The number of halogens is 1. The largest absolute Gasteiger partial charge is 0.381 e. The summed E-state index contributed by atoms with van der Waals surface area (Å²) in [5.41, 5.74) is 7.90. The van der Waals surface area contributed by atoms with Crippen molar-refractivity contribution in [2.24, 2.45) is 0 Å². The van der Waals surface area contributed by atoms with Gasteiger partial charge in [-0.2, -0.15) is 5.26 Å². The van der Waals surface area contributed by atoms with Crippen LogP contribution in [-0.4, -0.2) is 19.5 Å². The molecule has 4 rings (SSSR count). The SMILES string of the molecule is N#Cc1nc(-c2cc(Cl)c3ncccc3c2)c(-n2cccc2)nc1N. The molecule has 0 spiro atoms. The average molecular weight is 347 g/mol. The molecule has 2 N–H and O–H groups in total. The molecule has 0 saturated heterocycles. The van der Waals surface area contributed by atoms with Gasteiger partial charge in [-0.3, -0.25) is 4.98 Å². The Kier molecular flexibility index (Phi) is 3.56. The third-order valence-corrected chi connectivity index (χ3v) is 4.08. The Hall–Kier alpha value is -3.43. The summed E-state index contributed by atoms with van der Waals surface area (Å²) >= 11 is 6.39. The minimum Gasteiger partial charge on any atom is -0.381 e. The summed E-state index contributed by atoms with van der Waals surface area (Å²) in [6.45, 7) is 0. The summed E-state index contributed by atoms with van der Waals surface area (Å²) in [5, 5.41) is 10.6. The van der Waals surface area contributed by atoms with E-state index >= 15 is 0 Å². The van der Waals surface area contributed by atoms with Gasteiger partial charge in [0.2, 0.25) is 0 Å². The number of fused-ring (bicyclic) bond motifs is 1. The van der Waals surface area contributed by atoms with Crippen molar-refractivity contribution in [2.45, 2.75) is 0 Å². The molecule has 0 bridgehead atoms. The standard InChI is InChI=1S/C18H11ClN6/c19-13-9-12(8-11-4-3-5-22-15(11)13)16-18(25-6-1-2-7-25)24-17(21)14(10-20)23-16/h1-9H,(H2,21,24). The number of hydrogen-bond donors (Lipinski definition) is 1. The molecular formula is C18H11ClN6. The minimum atomic E-state index is 0.0771. The molecule has 0 aliphatic carbocycles. The van der Waals surface area contributed by atoms with Gasteiger partial charge in [0.15, 0.2) is 17.3 Å². The van der Waals surface area contributed by atoms with Crippen LogP contribution in [0, 0.1) is 11.3 Å². The first kappa shape index (κ1) is 15.1. The monoisotopic (exact) mass is 346 g/mol. The second-order valence-electron chi connectivity index (χ2n) is 5.36. The number of nitrogens with two attached hydrogens (primary N) is 1. The average Bonchev–Trinajstić information content (AvgIpc) is 3.16. The fourth-order valence-corrected chi connectivity index (χ4v) is 2.93. The van der Waals surface area contributed by atoms with Crippen LogP contribution in [0.25, 0.3) is 28.0 Å². The highest BCUT2D eigenvalue weighted by Gasteiger charge is 2.16. The number of aromatic nitrogens is 4. The van der Waals surface area contributed by atoms with E-state index in [4.69, 9.17) is 17.3 Å². The lowest BCUT2D eigenvalue weighted by Crippen LogP contribution is -2.07. The van der Waals surface area contributed by atoms with Gasteiger partial charge in [-0.05, 0) is 30.3 Å². The minimum absolute atomic E-state index is 0.0771. The van der Waals surface area contributed by atoms with E-state index in [0.717, 1.165) is 10.9 Å². The van der Waals surface area contributed by atoms with E-state index in [-0.39, 0.29) is 11.5 Å². The molecular weight excluding hydrogens is 336 g/mol. The van der Waals surface area contributed by atoms with Gasteiger partial charge in [0.05, 0.1) is 10.5 Å². The Labute approximate surface area is 148 Å². The zero-order valence-electron chi connectivity index (χ0n) is 12.9. The van der Waals surface area contributed by atoms with E-state index in [1.807, 2.05) is 48.8 Å². The Morgan fingerprint density at radius 2 is 1.92 bits per heavy atom. The third-order valence-electron chi connectivity index (χ3n) is 3.79. The van der Waals surface area contributed by atoms with E-state index in [1.54, 1.807) is 16.8 Å². The van der Waals surface area contributed by atoms with Crippen LogP contribution >= 0.6 is 11.6 Å². The first-order valence-corrected chi connectivity index (χ1v) is 7.81. The second kappa shape index (κ2) is 5.89. The summed E-state index contributed by atoms with van der Waals surface area (Å²) in [7, 11) is 0. The van der Waals surface area contributed by atoms with E-state index < -0.39 is 0 Å². The maximum Gasteiger partial charge on any atom is 0.183 e. The Morgan fingerprint density at radius 3 is 2.68 bits per heavy atom.